The van der Waals surface area contributed by atoms with Crippen LogP contribution in [0.25, 0.3) is 44.5 Å². The molecule has 1 aromatic carbocycles. The predicted molar refractivity (Wildman–Crippen MR) is 136 cm³/mol. The average Bonchev–Trinajstić information content (AvgIpc) is 3.72. The topological polar surface area (TPSA) is 92.5 Å². The fourth-order valence-electron chi connectivity index (χ4n) is 5.98. The number of halogens is 1. The second-order valence-corrected chi connectivity index (χ2v) is 10.1. The van der Waals surface area contributed by atoms with Gasteiger partial charge in [0.1, 0.15) is 11.3 Å². The van der Waals surface area contributed by atoms with Crippen molar-refractivity contribution in [2.45, 2.75) is 25.1 Å². The number of fused-ring (bicyclic) bond motifs is 6. The van der Waals surface area contributed by atoms with Crippen molar-refractivity contribution >= 4 is 38.9 Å². The van der Waals surface area contributed by atoms with E-state index in [1.54, 1.807) is 6.20 Å². The summed E-state index contributed by atoms with van der Waals surface area (Å²) < 4.78 is 32.2. The molecule has 1 N–H and O–H groups in total. The van der Waals surface area contributed by atoms with Gasteiger partial charge in [-0.1, -0.05) is 0 Å². The summed E-state index contributed by atoms with van der Waals surface area (Å²) in [6, 6.07) is 7.50. The molecular formula is C27H25FN6O3. The van der Waals surface area contributed by atoms with Crippen LogP contribution >= 0.6 is 0 Å². The number of H-pyrrole nitrogens is 1. The Balaban J connectivity index is 1.30. The summed E-state index contributed by atoms with van der Waals surface area (Å²) in [5.41, 5.74) is 4.26. The summed E-state index contributed by atoms with van der Waals surface area (Å²) in [5.74, 6) is 0.802. The number of hydrogen-bond donors (Lipinski definition) is 1. The highest BCUT2D eigenvalue weighted by Gasteiger charge is 2.38. The van der Waals surface area contributed by atoms with Crippen molar-refractivity contribution in [3.05, 3.63) is 48.0 Å². The highest BCUT2D eigenvalue weighted by Crippen LogP contribution is 2.37. The number of nitrogens with one attached hydrogen (secondary N) is 1. The Bertz CT molecular complexity index is 1660. The van der Waals surface area contributed by atoms with Crippen LogP contribution in [0.5, 0.6) is 0 Å². The van der Waals surface area contributed by atoms with Gasteiger partial charge in [-0.2, -0.15) is 0 Å². The van der Waals surface area contributed by atoms with E-state index in [0.717, 1.165) is 42.5 Å². The Kier molecular flexibility index (Phi) is 4.76. The molecule has 8 rings (SSSR count). The number of nitrogens with zero attached hydrogens (tertiary/aromatic N) is 5. The lowest BCUT2D eigenvalue weighted by molar-refractivity contribution is 0.0273. The van der Waals surface area contributed by atoms with E-state index in [1.807, 2.05) is 12.3 Å². The maximum Gasteiger partial charge on any atom is 0.229 e. The predicted octanol–water partition coefficient (Wildman–Crippen LogP) is 3.87. The molecule has 3 saturated heterocycles. The molecule has 3 aliphatic heterocycles. The molecule has 0 aliphatic carbocycles. The zero-order valence-corrected chi connectivity index (χ0v) is 20.1. The molecule has 4 aromatic heterocycles. The van der Waals surface area contributed by atoms with Crippen molar-refractivity contribution in [1.82, 2.24) is 24.8 Å². The number of furan rings is 1. The number of aromatic amines is 1. The van der Waals surface area contributed by atoms with E-state index in [0.29, 0.717) is 78.0 Å². The highest BCUT2D eigenvalue weighted by molar-refractivity contribution is 6.06. The third-order valence-electron chi connectivity index (χ3n) is 7.79. The number of rotatable bonds is 4. The number of hydrogen-bond acceptors (Lipinski definition) is 8. The Hall–Kier alpha value is -3.60. The van der Waals surface area contributed by atoms with Crippen molar-refractivity contribution in [2.75, 3.05) is 44.4 Å². The van der Waals surface area contributed by atoms with Crippen molar-refractivity contribution in [3.8, 4) is 11.4 Å². The van der Waals surface area contributed by atoms with Gasteiger partial charge < -0.3 is 23.8 Å². The summed E-state index contributed by atoms with van der Waals surface area (Å²) in [7, 11) is 0. The van der Waals surface area contributed by atoms with E-state index >= 15 is 0 Å². The second kappa shape index (κ2) is 8.20. The van der Waals surface area contributed by atoms with Gasteiger partial charge in [0.05, 0.1) is 31.3 Å². The zero-order valence-electron chi connectivity index (χ0n) is 20.1. The Morgan fingerprint density at radius 2 is 2.03 bits per heavy atom. The minimum atomic E-state index is -0.341. The van der Waals surface area contributed by atoms with E-state index in [1.165, 1.54) is 12.1 Å². The van der Waals surface area contributed by atoms with Gasteiger partial charge >= 0.3 is 0 Å². The summed E-state index contributed by atoms with van der Waals surface area (Å²) >= 11 is 0. The maximum atomic E-state index is 14.6. The van der Waals surface area contributed by atoms with Gasteiger partial charge in [-0.05, 0) is 36.2 Å². The molecule has 37 heavy (non-hydrogen) atoms. The van der Waals surface area contributed by atoms with Crippen LogP contribution in [0.4, 0.5) is 10.2 Å². The van der Waals surface area contributed by atoms with E-state index in [-0.39, 0.29) is 5.82 Å². The number of aromatic nitrogens is 4. The van der Waals surface area contributed by atoms with Gasteiger partial charge in [-0.3, -0.25) is 4.90 Å². The minimum Gasteiger partial charge on any atom is -0.432 e. The molecule has 2 bridgehead atoms. The van der Waals surface area contributed by atoms with Crippen molar-refractivity contribution in [1.29, 1.82) is 0 Å². The Morgan fingerprint density at radius 1 is 1.11 bits per heavy atom. The number of likely N-dealkylation sites (tertiary alicyclic amines) is 1. The van der Waals surface area contributed by atoms with E-state index in [9.17, 15) is 4.39 Å². The first-order valence-electron chi connectivity index (χ1n) is 12.7. The number of anilines is 1. The summed E-state index contributed by atoms with van der Waals surface area (Å²) in [4.78, 5) is 22.3. The van der Waals surface area contributed by atoms with Crippen LogP contribution in [0.15, 0.2) is 41.1 Å². The molecule has 0 spiro atoms. The molecule has 1 unspecified atom stereocenters. The lowest BCUT2D eigenvalue weighted by atomic mass is 10.1. The van der Waals surface area contributed by atoms with Gasteiger partial charge in [0.2, 0.25) is 5.71 Å². The van der Waals surface area contributed by atoms with E-state index in [2.05, 4.69) is 25.8 Å². The average molecular weight is 501 g/mol. The SMILES string of the molecule is Fc1cc(-c2nc(N3CCOCC3)c3oc4ncc(CN5CC6C[C@H]5CO6)cc4c3n2)c2cc[nH]c2c1. The summed E-state index contributed by atoms with van der Waals surface area (Å²) in [5, 5.41) is 1.71. The molecule has 5 aromatic rings. The molecule has 3 fully saturated rings. The fourth-order valence-corrected chi connectivity index (χ4v) is 5.98. The van der Waals surface area contributed by atoms with Crippen molar-refractivity contribution in [2.24, 2.45) is 0 Å². The molecule has 2 atom stereocenters. The highest BCUT2D eigenvalue weighted by atomic mass is 19.1. The molecule has 10 heteroatoms. The number of benzene rings is 1. The van der Waals surface area contributed by atoms with Gasteiger partial charge in [-0.25, -0.2) is 19.3 Å². The summed E-state index contributed by atoms with van der Waals surface area (Å²) in [6.45, 7) is 5.14. The second-order valence-electron chi connectivity index (χ2n) is 10.1. The Morgan fingerprint density at radius 3 is 2.86 bits per heavy atom. The van der Waals surface area contributed by atoms with E-state index in [4.69, 9.17) is 23.9 Å². The number of pyridine rings is 1. The van der Waals surface area contributed by atoms with Crippen LogP contribution in [0, 0.1) is 5.82 Å². The van der Waals surface area contributed by atoms with Crippen LogP contribution in [-0.4, -0.2) is 76.4 Å². The third-order valence-corrected chi connectivity index (χ3v) is 7.79. The third kappa shape index (κ3) is 3.51. The first-order chi connectivity index (χ1) is 18.2. The molecular weight excluding hydrogens is 475 g/mol. The van der Waals surface area contributed by atoms with Crippen LogP contribution in [-0.2, 0) is 16.0 Å². The molecule has 188 valence electrons. The quantitative estimate of drug-likeness (QED) is 0.398. The van der Waals surface area contributed by atoms with Crippen molar-refractivity contribution < 1.29 is 18.3 Å². The lowest BCUT2D eigenvalue weighted by Gasteiger charge is -2.27. The monoisotopic (exact) mass is 500 g/mol. The molecule has 9 nitrogen and oxygen atoms in total. The van der Waals surface area contributed by atoms with Gasteiger partial charge in [-0.15, -0.1) is 0 Å². The minimum absolute atomic E-state index is 0.341. The van der Waals surface area contributed by atoms with Gasteiger partial charge in [0, 0.05) is 61.1 Å². The first kappa shape index (κ1) is 21.5. The van der Waals surface area contributed by atoms with Gasteiger partial charge in [0.15, 0.2) is 17.2 Å². The van der Waals surface area contributed by atoms with Crippen LogP contribution in [0.1, 0.15) is 12.0 Å². The largest absolute Gasteiger partial charge is 0.432 e. The fraction of sp³-hybridized carbons (Fsp3) is 0.370. The van der Waals surface area contributed by atoms with Crippen LogP contribution in [0.3, 0.4) is 0 Å². The smallest absolute Gasteiger partial charge is 0.229 e. The molecule has 0 radical (unpaired) electrons. The van der Waals surface area contributed by atoms with E-state index < -0.39 is 0 Å². The van der Waals surface area contributed by atoms with Crippen LogP contribution < -0.4 is 4.90 Å². The Labute approximate surface area is 211 Å². The summed E-state index contributed by atoms with van der Waals surface area (Å²) in [6.07, 6.45) is 5.13. The van der Waals surface area contributed by atoms with Crippen molar-refractivity contribution in [3.63, 3.8) is 0 Å². The maximum absolute atomic E-state index is 14.6. The molecule has 0 amide bonds. The molecule has 7 heterocycles. The zero-order chi connectivity index (χ0) is 24.5. The van der Waals surface area contributed by atoms with Crippen LogP contribution in [0.2, 0.25) is 0 Å². The standard InChI is InChI=1S/C27H25FN6O3/c28-16-8-20(19-1-2-29-22(19)9-16)25-31-23-21-7-15(12-34-13-18-10-17(34)14-36-18)11-30-27(21)37-24(23)26(32-25)33-3-5-35-6-4-33/h1-2,7-9,11,17-18,29H,3-6,10,12-14H2/t17-,18?/m0/s1. The lowest BCUT2D eigenvalue weighted by Crippen LogP contribution is -2.37. The molecule has 3 aliphatic rings. The molecule has 0 saturated carbocycles. The first-order valence-corrected chi connectivity index (χ1v) is 12.7. The number of morpholine rings is 2. The number of ether oxygens (including phenoxy) is 2. The van der Waals surface area contributed by atoms with Gasteiger partial charge in [0.25, 0.3) is 0 Å². The normalized spacial score (nSPS) is 22.2.